The van der Waals surface area contributed by atoms with E-state index in [2.05, 4.69) is 8.37 Å². The minimum atomic E-state index is -3.72. The van der Waals surface area contributed by atoms with Crippen LogP contribution in [0.4, 0.5) is 0 Å². The minimum absolute atomic E-state index is 0.259. The van der Waals surface area contributed by atoms with E-state index in [1.807, 2.05) is 0 Å². The van der Waals surface area contributed by atoms with Gasteiger partial charge in [-0.05, 0) is 26.7 Å². The number of hydrogen-bond acceptors (Lipinski definition) is 4. The summed E-state index contributed by atoms with van der Waals surface area (Å²) in [5.41, 5.74) is 0. The van der Waals surface area contributed by atoms with E-state index in [0.29, 0.717) is 0 Å². The summed E-state index contributed by atoms with van der Waals surface area (Å²) in [7, 11) is -3.72. The fourth-order valence-corrected chi connectivity index (χ4v) is 2.03. The van der Waals surface area contributed by atoms with Gasteiger partial charge in [-0.15, -0.1) is 0 Å². The fraction of sp³-hybridized carbons (Fsp3) is 1.00. The van der Waals surface area contributed by atoms with E-state index in [9.17, 15) is 8.42 Å². The van der Waals surface area contributed by atoms with Crippen LogP contribution in [-0.4, -0.2) is 20.6 Å². The Labute approximate surface area is 66.8 Å². The van der Waals surface area contributed by atoms with Crippen molar-refractivity contribution in [3.8, 4) is 0 Å². The van der Waals surface area contributed by atoms with Crippen LogP contribution >= 0.6 is 0 Å². The predicted octanol–water partition coefficient (Wildman–Crippen LogP) is 0.835. The SMILES string of the molecule is C[C@H]1CC[C@H](C)OS(=O)(=O)O1. The molecule has 0 bridgehead atoms. The highest BCUT2D eigenvalue weighted by molar-refractivity contribution is 7.81. The van der Waals surface area contributed by atoms with Crippen LogP contribution in [0.3, 0.4) is 0 Å². The first kappa shape index (κ1) is 8.96. The highest BCUT2D eigenvalue weighted by Gasteiger charge is 2.24. The number of hydrogen-bond donors (Lipinski definition) is 0. The largest absolute Gasteiger partial charge is 0.400 e. The molecule has 1 heterocycles. The van der Waals surface area contributed by atoms with Crippen LogP contribution in [0, 0.1) is 0 Å². The molecule has 0 radical (unpaired) electrons. The van der Waals surface area contributed by atoms with Crippen molar-refractivity contribution in [1.82, 2.24) is 0 Å². The van der Waals surface area contributed by atoms with Crippen molar-refractivity contribution in [3.63, 3.8) is 0 Å². The van der Waals surface area contributed by atoms with Crippen molar-refractivity contribution in [2.75, 3.05) is 0 Å². The highest BCUT2D eigenvalue weighted by Crippen LogP contribution is 2.17. The zero-order valence-electron chi connectivity index (χ0n) is 6.61. The molecule has 0 amide bonds. The molecule has 0 aliphatic carbocycles. The molecule has 0 N–H and O–H groups in total. The van der Waals surface area contributed by atoms with E-state index < -0.39 is 10.4 Å². The maximum atomic E-state index is 10.8. The molecule has 0 aromatic heterocycles. The Morgan fingerprint density at radius 3 is 1.82 bits per heavy atom. The Bertz CT molecular complexity index is 203. The van der Waals surface area contributed by atoms with Gasteiger partial charge in [-0.25, -0.2) is 8.37 Å². The normalized spacial score (nSPS) is 38.0. The summed E-state index contributed by atoms with van der Waals surface area (Å²) in [6, 6.07) is 0. The lowest BCUT2D eigenvalue weighted by Crippen LogP contribution is -2.15. The molecule has 0 unspecified atom stereocenters. The van der Waals surface area contributed by atoms with Crippen LogP contribution in [-0.2, 0) is 18.8 Å². The Balaban J connectivity index is 2.71. The Morgan fingerprint density at radius 2 is 1.45 bits per heavy atom. The van der Waals surface area contributed by atoms with Crippen LogP contribution in [0.2, 0.25) is 0 Å². The molecule has 66 valence electrons. The smallest absolute Gasteiger partial charge is 0.245 e. The average Bonchev–Trinajstić information content (AvgIpc) is 1.89. The third kappa shape index (κ3) is 2.76. The third-order valence-corrected chi connectivity index (χ3v) is 2.67. The van der Waals surface area contributed by atoms with E-state index in [0.717, 1.165) is 12.8 Å². The molecule has 1 rings (SSSR count). The molecule has 1 fully saturated rings. The van der Waals surface area contributed by atoms with Crippen molar-refractivity contribution in [2.24, 2.45) is 0 Å². The molecule has 0 aromatic rings. The van der Waals surface area contributed by atoms with Gasteiger partial charge in [0.2, 0.25) is 0 Å². The first-order chi connectivity index (χ1) is 4.99. The van der Waals surface area contributed by atoms with Crippen LogP contribution in [0.5, 0.6) is 0 Å². The van der Waals surface area contributed by atoms with Crippen molar-refractivity contribution in [1.29, 1.82) is 0 Å². The molecule has 1 saturated heterocycles. The molecule has 4 nitrogen and oxygen atoms in total. The molecule has 0 saturated carbocycles. The van der Waals surface area contributed by atoms with Gasteiger partial charge in [0.15, 0.2) is 0 Å². The summed E-state index contributed by atoms with van der Waals surface area (Å²) in [5.74, 6) is 0. The number of rotatable bonds is 0. The van der Waals surface area contributed by atoms with Gasteiger partial charge in [0.1, 0.15) is 0 Å². The highest BCUT2D eigenvalue weighted by atomic mass is 32.3. The fourth-order valence-electron chi connectivity index (χ4n) is 0.991. The second-order valence-electron chi connectivity index (χ2n) is 2.80. The lowest BCUT2D eigenvalue weighted by Gasteiger charge is -2.05. The van der Waals surface area contributed by atoms with E-state index in [-0.39, 0.29) is 12.2 Å². The molecule has 0 spiro atoms. The zero-order chi connectivity index (χ0) is 8.48. The Kier molecular flexibility index (Phi) is 2.51. The summed E-state index contributed by atoms with van der Waals surface area (Å²) in [4.78, 5) is 0. The van der Waals surface area contributed by atoms with Gasteiger partial charge in [0.05, 0.1) is 12.2 Å². The van der Waals surface area contributed by atoms with Gasteiger partial charge in [-0.1, -0.05) is 0 Å². The summed E-state index contributed by atoms with van der Waals surface area (Å²) >= 11 is 0. The van der Waals surface area contributed by atoms with E-state index in [1.54, 1.807) is 13.8 Å². The van der Waals surface area contributed by atoms with Crippen molar-refractivity contribution in [3.05, 3.63) is 0 Å². The third-order valence-electron chi connectivity index (χ3n) is 1.54. The molecular weight excluding hydrogens is 168 g/mol. The summed E-state index contributed by atoms with van der Waals surface area (Å²) in [6.45, 7) is 3.44. The summed E-state index contributed by atoms with van der Waals surface area (Å²) < 4.78 is 30.9. The van der Waals surface area contributed by atoms with Crippen molar-refractivity contribution in [2.45, 2.75) is 38.9 Å². The Hall–Kier alpha value is -0.130. The van der Waals surface area contributed by atoms with Crippen molar-refractivity contribution < 1.29 is 16.8 Å². The van der Waals surface area contributed by atoms with Gasteiger partial charge >= 0.3 is 10.4 Å². The van der Waals surface area contributed by atoms with Gasteiger partial charge in [0, 0.05) is 0 Å². The van der Waals surface area contributed by atoms with E-state index >= 15 is 0 Å². The van der Waals surface area contributed by atoms with Crippen LogP contribution in [0.15, 0.2) is 0 Å². The van der Waals surface area contributed by atoms with E-state index in [1.165, 1.54) is 0 Å². The maximum absolute atomic E-state index is 10.8. The molecule has 0 aromatic carbocycles. The van der Waals surface area contributed by atoms with Crippen molar-refractivity contribution >= 4 is 10.4 Å². The standard InChI is InChI=1S/C6H12O4S/c1-5-3-4-6(2)10-11(7,8)9-5/h5-6H,3-4H2,1-2H3/t5-,6-/m0/s1. The Morgan fingerprint density at radius 1 is 1.09 bits per heavy atom. The second kappa shape index (κ2) is 3.08. The van der Waals surface area contributed by atoms with E-state index in [4.69, 9.17) is 0 Å². The molecule has 11 heavy (non-hydrogen) atoms. The topological polar surface area (TPSA) is 52.6 Å². The van der Waals surface area contributed by atoms with Crippen LogP contribution in [0.25, 0.3) is 0 Å². The lowest BCUT2D eigenvalue weighted by atomic mass is 10.1. The monoisotopic (exact) mass is 180 g/mol. The minimum Gasteiger partial charge on any atom is -0.245 e. The van der Waals surface area contributed by atoms with Crippen LogP contribution in [0.1, 0.15) is 26.7 Å². The molecule has 5 heteroatoms. The maximum Gasteiger partial charge on any atom is 0.400 e. The summed E-state index contributed by atoms with van der Waals surface area (Å²) in [6.07, 6.45) is 0.927. The molecule has 2 atom stereocenters. The zero-order valence-corrected chi connectivity index (χ0v) is 7.43. The van der Waals surface area contributed by atoms with Gasteiger partial charge in [-0.3, -0.25) is 0 Å². The average molecular weight is 180 g/mol. The molecule has 1 aliphatic rings. The predicted molar refractivity (Wildman–Crippen MR) is 39.2 cm³/mol. The van der Waals surface area contributed by atoms with Crippen LogP contribution < -0.4 is 0 Å². The summed E-state index contributed by atoms with van der Waals surface area (Å²) in [5, 5.41) is 0. The van der Waals surface area contributed by atoms with Gasteiger partial charge in [-0.2, -0.15) is 8.42 Å². The second-order valence-corrected chi connectivity index (χ2v) is 4.00. The van der Waals surface area contributed by atoms with Gasteiger partial charge in [0.25, 0.3) is 0 Å². The quantitative estimate of drug-likeness (QED) is 0.554. The lowest BCUT2D eigenvalue weighted by molar-refractivity contribution is 0.177. The van der Waals surface area contributed by atoms with Gasteiger partial charge < -0.3 is 0 Å². The molecule has 1 aliphatic heterocycles. The molecular formula is C6H12O4S. The first-order valence-corrected chi connectivity index (χ1v) is 4.94. The first-order valence-electron chi connectivity index (χ1n) is 3.61.